The quantitative estimate of drug-likeness (QED) is 0.784. The van der Waals surface area contributed by atoms with Gasteiger partial charge in [0.05, 0.1) is 13.6 Å². The summed E-state index contributed by atoms with van der Waals surface area (Å²) in [7, 11) is 3.58. The second-order valence-electron chi connectivity index (χ2n) is 6.89. The third kappa shape index (κ3) is 5.46. The van der Waals surface area contributed by atoms with Gasteiger partial charge in [-0.25, -0.2) is 0 Å². The highest BCUT2D eigenvalue weighted by atomic mass is 16.3. The van der Waals surface area contributed by atoms with Crippen LogP contribution >= 0.6 is 0 Å². The molecule has 0 bridgehead atoms. The van der Waals surface area contributed by atoms with E-state index in [4.69, 9.17) is 4.42 Å². The van der Waals surface area contributed by atoms with Crippen LogP contribution in [0.15, 0.2) is 34.7 Å². The summed E-state index contributed by atoms with van der Waals surface area (Å²) in [5.74, 6) is 1.43. The number of carbonyl (C=O) groups is 2. The zero-order chi connectivity index (χ0) is 19.3. The highest BCUT2D eigenvalue weighted by Gasteiger charge is 2.19. The van der Waals surface area contributed by atoms with E-state index in [0.717, 1.165) is 33.2 Å². The third-order valence-electron chi connectivity index (χ3n) is 4.28. The summed E-state index contributed by atoms with van der Waals surface area (Å²) in [5, 5.41) is 2.91. The molecule has 140 valence electrons. The second kappa shape index (κ2) is 8.67. The molecule has 26 heavy (non-hydrogen) atoms. The molecule has 0 radical (unpaired) electrons. The lowest BCUT2D eigenvalue weighted by Crippen LogP contribution is -3.08. The zero-order valence-electron chi connectivity index (χ0n) is 16.2. The normalized spacial score (nSPS) is 11.9. The van der Waals surface area contributed by atoms with Gasteiger partial charge in [0, 0.05) is 12.7 Å². The van der Waals surface area contributed by atoms with E-state index >= 15 is 0 Å². The van der Waals surface area contributed by atoms with Crippen molar-refractivity contribution in [1.29, 1.82) is 0 Å². The number of amides is 2. The number of hydrogen-bond acceptors (Lipinski definition) is 3. The molecule has 2 N–H and O–H groups in total. The molecule has 2 aromatic rings. The number of para-hydroxylation sites is 1. The molecule has 1 heterocycles. The summed E-state index contributed by atoms with van der Waals surface area (Å²) in [6.45, 7) is 6.75. The van der Waals surface area contributed by atoms with Crippen molar-refractivity contribution in [3.63, 3.8) is 0 Å². The van der Waals surface area contributed by atoms with Gasteiger partial charge >= 0.3 is 0 Å². The van der Waals surface area contributed by atoms with Crippen molar-refractivity contribution in [3.05, 3.63) is 53.0 Å². The Hall–Kier alpha value is -2.60. The van der Waals surface area contributed by atoms with Crippen LogP contribution in [0.4, 0.5) is 5.69 Å². The standard InChI is InChI=1S/C20H27N3O3/c1-14-7-6-8-15(2)20(14)21-18(24)12-23(5)19(25)13-22(4)11-17-10-9-16(3)26-17/h6-10H,11-13H2,1-5H3,(H,21,24)/p+1. The van der Waals surface area contributed by atoms with Gasteiger partial charge in [0.25, 0.3) is 5.91 Å². The predicted molar refractivity (Wildman–Crippen MR) is 101 cm³/mol. The van der Waals surface area contributed by atoms with Gasteiger partial charge in [-0.15, -0.1) is 0 Å². The van der Waals surface area contributed by atoms with Crippen LogP contribution in [0, 0.1) is 20.8 Å². The molecule has 0 fully saturated rings. The number of aryl methyl sites for hydroxylation is 3. The van der Waals surface area contributed by atoms with Gasteiger partial charge < -0.3 is 19.5 Å². The van der Waals surface area contributed by atoms with Crippen molar-refractivity contribution in [2.75, 3.05) is 32.5 Å². The number of likely N-dealkylation sites (N-methyl/N-ethyl adjacent to an activating group) is 2. The molecule has 0 spiro atoms. The fourth-order valence-electron chi connectivity index (χ4n) is 2.83. The van der Waals surface area contributed by atoms with Crippen molar-refractivity contribution in [2.45, 2.75) is 27.3 Å². The lowest BCUT2D eigenvalue weighted by Gasteiger charge is -2.20. The molecule has 0 saturated carbocycles. The Morgan fingerprint density at radius 1 is 1.12 bits per heavy atom. The van der Waals surface area contributed by atoms with Crippen LogP contribution in [0.5, 0.6) is 0 Å². The minimum atomic E-state index is -0.197. The molecule has 2 amide bonds. The van der Waals surface area contributed by atoms with Crippen LogP contribution in [0.3, 0.4) is 0 Å². The smallest absolute Gasteiger partial charge is 0.277 e. The Morgan fingerprint density at radius 2 is 1.77 bits per heavy atom. The van der Waals surface area contributed by atoms with Crippen LogP contribution in [0.25, 0.3) is 0 Å². The van der Waals surface area contributed by atoms with Crippen molar-refractivity contribution in [2.24, 2.45) is 0 Å². The Morgan fingerprint density at radius 3 is 2.35 bits per heavy atom. The fraction of sp³-hybridized carbons (Fsp3) is 0.400. The first-order valence-electron chi connectivity index (χ1n) is 8.73. The Labute approximate surface area is 154 Å². The van der Waals surface area contributed by atoms with E-state index in [1.807, 2.05) is 58.2 Å². The molecule has 1 aromatic carbocycles. The van der Waals surface area contributed by atoms with Crippen LogP contribution < -0.4 is 10.2 Å². The topological polar surface area (TPSA) is 67.0 Å². The van der Waals surface area contributed by atoms with Crippen molar-refractivity contribution in [3.8, 4) is 0 Å². The Kier molecular flexibility index (Phi) is 6.58. The number of benzene rings is 1. The molecule has 0 aliphatic heterocycles. The zero-order valence-corrected chi connectivity index (χ0v) is 16.2. The summed E-state index contributed by atoms with van der Waals surface area (Å²) in [6.07, 6.45) is 0. The highest BCUT2D eigenvalue weighted by Crippen LogP contribution is 2.19. The molecule has 1 unspecified atom stereocenters. The van der Waals surface area contributed by atoms with E-state index in [9.17, 15) is 9.59 Å². The molecule has 1 atom stereocenters. The number of furan rings is 1. The van der Waals surface area contributed by atoms with E-state index in [1.165, 1.54) is 4.90 Å². The van der Waals surface area contributed by atoms with Crippen LogP contribution in [-0.2, 0) is 16.1 Å². The van der Waals surface area contributed by atoms with E-state index in [2.05, 4.69) is 5.32 Å². The SMILES string of the molecule is Cc1ccc(C[NH+](C)CC(=O)N(C)CC(=O)Nc2c(C)cccc2C)o1. The van der Waals surface area contributed by atoms with Crippen molar-refractivity contribution < 1.29 is 18.9 Å². The number of carbonyl (C=O) groups excluding carboxylic acids is 2. The molecule has 2 rings (SSSR count). The molecule has 1 aromatic heterocycles. The summed E-state index contributed by atoms with van der Waals surface area (Å²) >= 11 is 0. The predicted octanol–water partition coefficient (Wildman–Crippen LogP) is 1.32. The second-order valence-corrected chi connectivity index (χ2v) is 6.89. The number of anilines is 1. The van der Waals surface area contributed by atoms with Gasteiger partial charge in [0.15, 0.2) is 12.3 Å². The maximum atomic E-state index is 12.4. The first-order chi connectivity index (χ1) is 12.3. The maximum absolute atomic E-state index is 12.4. The largest absolute Gasteiger partial charge is 0.460 e. The van der Waals surface area contributed by atoms with Gasteiger partial charge in [-0.05, 0) is 44.0 Å². The average molecular weight is 358 g/mol. The molecule has 6 heteroatoms. The molecule has 0 aliphatic rings. The Bertz CT molecular complexity index is 762. The minimum absolute atomic E-state index is 0.0275. The van der Waals surface area contributed by atoms with Gasteiger partial charge in [-0.2, -0.15) is 0 Å². The van der Waals surface area contributed by atoms with Crippen LogP contribution in [0.2, 0.25) is 0 Å². The van der Waals surface area contributed by atoms with Gasteiger partial charge in [0.2, 0.25) is 5.91 Å². The van der Waals surface area contributed by atoms with E-state index in [-0.39, 0.29) is 18.4 Å². The summed E-state index contributed by atoms with van der Waals surface area (Å²) < 4.78 is 5.54. The van der Waals surface area contributed by atoms with Crippen molar-refractivity contribution >= 4 is 17.5 Å². The van der Waals surface area contributed by atoms with E-state index in [1.54, 1.807) is 7.05 Å². The summed E-state index contributed by atoms with van der Waals surface area (Å²) in [4.78, 5) is 27.1. The fourth-order valence-corrected chi connectivity index (χ4v) is 2.83. The average Bonchev–Trinajstić information content (AvgIpc) is 2.95. The van der Waals surface area contributed by atoms with Gasteiger partial charge in [-0.3, -0.25) is 9.59 Å². The highest BCUT2D eigenvalue weighted by molar-refractivity contribution is 5.95. The van der Waals surface area contributed by atoms with E-state index < -0.39 is 0 Å². The number of hydrogen-bond donors (Lipinski definition) is 2. The van der Waals surface area contributed by atoms with Crippen LogP contribution in [-0.4, -0.2) is 43.9 Å². The maximum Gasteiger partial charge on any atom is 0.277 e. The van der Waals surface area contributed by atoms with Gasteiger partial charge in [-0.1, -0.05) is 18.2 Å². The van der Waals surface area contributed by atoms with E-state index in [0.29, 0.717) is 13.1 Å². The molecule has 0 aliphatic carbocycles. The molecule has 0 saturated heterocycles. The summed E-state index contributed by atoms with van der Waals surface area (Å²) in [5.41, 5.74) is 2.82. The molecular weight excluding hydrogens is 330 g/mol. The van der Waals surface area contributed by atoms with Crippen molar-refractivity contribution in [1.82, 2.24) is 4.90 Å². The first kappa shape index (κ1) is 19.7. The number of rotatable bonds is 7. The lowest BCUT2D eigenvalue weighted by atomic mass is 10.1. The number of nitrogens with one attached hydrogen (secondary N) is 2. The molecular formula is C20H28N3O3+. The minimum Gasteiger partial charge on any atom is -0.460 e. The van der Waals surface area contributed by atoms with Gasteiger partial charge in [0.1, 0.15) is 12.3 Å². The molecule has 6 nitrogen and oxygen atoms in total. The third-order valence-corrected chi connectivity index (χ3v) is 4.28. The Balaban J connectivity index is 1.85. The number of nitrogens with zero attached hydrogens (tertiary/aromatic N) is 1. The van der Waals surface area contributed by atoms with Crippen LogP contribution in [0.1, 0.15) is 22.6 Å². The first-order valence-corrected chi connectivity index (χ1v) is 8.73. The monoisotopic (exact) mass is 358 g/mol. The summed E-state index contributed by atoms with van der Waals surface area (Å²) in [6, 6.07) is 9.69. The number of quaternary nitrogens is 1. The lowest BCUT2D eigenvalue weighted by molar-refractivity contribution is -0.886.